The van der Waals surface area contributed by atoms with Crippen molar-refractivity contribution in [3.05, 3.63) is 22.6 Å². The Balaban J connectivity index is 2.70. The van der Waals surface area contributed by atoms with Gasteiger partial charge in [0, 0.05) is 24.7 Å². The van der Waals surface area contributed by atoms with Gasteiger partial charge in [0.1, 0.15) is 0 Å². The van der Waals surface area contributed by atoms with E-state index in [2.05, 4.69) is 5.32 Å². The fraction of sp³-hybridized carbons (Fsp3) is 0.471. The average molecular weight is 368 g/mol. The lowest BCUT2D eigenvalue weighted by Crippen LogP contribution is -2.41. The summed E-state index contributed by atoms with van der Waals surface area (Å²) < 4.78 is 37.4. The molecule has 1 aliphatic rings. The second-order valence-corrected chi connectivity index (χ2v) is 7.84. The highest BCUT2D eigenvalue weighted by Crippen LogP contribution is 2.44. The van der Waals surface area contributed by atoms with E-state index in [4.69, 9.17) is 9.47 Å². The lowest BCUT2D eigenvalue weighted by molar-refractivity contribution is -0.117. The summed E-state index contributed by atoms with van der Waals surface area (Å²) in [6.07, 6.45) is 0.704. The number of carbonyl (C=O) groups excluding carboxylic acids is 1. The molecular formula is C17H24N2O5S. The van der Waals surface area contributed by atoms with Gasteiger partial charge in [0.25, 0.3) is 15.9 Å². The second kappa shape index (κ2) is 6.95. The topological polar surface area (TPSA) is 84.9 Å². The average Bonchev–Trinajstić information content (AvgIpc) is 2.58. The molecule has 138 valence electrons. The van der Waals surface area contributed by atoms with Crippen LogP contribution in [-0.4, -0.2) is 41.6 Å². The third-order valence-electron chi connectivity index (χ3n) is 4.40. The molecule has 0 aliphatic carbocycles. The van der Waals surface area contributed by atoms with E-state index in [1.54, 1.807) is 19.1 Å². The van der Waals surface area contributed by atoms with E-state index in [-0.39, 0.29) is 10.9 Å². The van der Waals surface area contributed by atoms with Gasteiger partial charge in [-0.1, -0.05) is 6.92 Å². The van der Waals surface area contributed by atoms with E-state index in [1.165, 1.54) is 21.3 Å². The summed E-state index contributed by atoms with van der Waals surface area (Å²) >= 11 is 0. The first-order valence-electron chi connectivity index (χ1n) is 7.96. The number of carbonyl (C=O) groups is 1. The van der Waals surface area contributed by atoms with Gasteiger partial charge in [0.05, 0.1) is 19.9 Å². The van der Waals surface area contributed by atoms with Crippen molar-refractivity contribution in [2.24, 2.45) is 0 Å². The molecule has 0 spiro atoms. The van der Waals surface area contributed by atoms with Crippen molar-refractivity contribution in [2.75, 3.05) is 25.6 Å². The van der Waals surface area contributed by atoms with E-state index in [0.29, 0.717) is 34.7 Å². The van der Waals surface area contributed by atoms with Crippen LogP contribution in [0.25, 0.3) is 5.57 Å². The monoisotopic (exact) mass is 368 g/mol. The lowest BCUT2D eigenvalue weighted by Gasteiger charge is -2.30. The zero-order chi connectivity index (χ0) is 18.9. The first-order chi connectivity index (χ1) is 11.7. The molecule has 0 fully saturated rings. The third kappa shape index (κ3) is 3.18. The summed E-state index contributed by atoms with van der Waals surface area (Å²) in [6, 6.07) is 3.16. The van der Waals surface area contributed by atoms with Crippen LogP contribution in [0.5, 0.6) is 11.5 Å². The first-order valence-corrected chi connectivity index (χ1v) is 9.40. The normalized spacial score (nSPS) is 17.0. The molecule has 1 N–H and O–H groups in total. The van der Waals surface area contributed by atoms with Crippen molar-refractivity contribution in [1.82, 2.24) is 5.32 Å². The number of amides is 1. The number of benzene rings is 1. The summed E-state index contributed by atoms with van der Waals surface area (Å²) in [5.74, 6) is 0.290. The Morgan fingerprint density at radius 2 is 1.80 bits per heavy atom. The van der Waals surface area contributed by atoms with E-state index in [9.17, 15) is 13.2 Å². The molecule has 0 saturated heterocycles. The molecule has 0 radical (unpaired) electrons. The highest BCUT2D eigenvalue weighted by atomic mass is 32.2. The minimum atomic E-state index is -3.96. The third-order valence-corrected chi connectivity index (χ3v) is 6.33. The number of anilines is 1. The smallest absolute Gasteiger partial charge is 0.269 e. The number of sulfonamides is 1. The van der Waals surface area contributed by atoms with Gasteiger partial charge in [0.2, 0.25) is 0 Å². The summed E-state index contributed by atoms with van der Waals surface area (Å²) in [7, 11) is 0.446. The minimum absolute atomic E-state index is 0.125. The number of rotatable bonds is 5. The van der Waals surface area contributed by atoms with Crippen molar-refractivity contribution in [1.29, 1.82) is 0 Å². The molecule has 1 aromatic carbocycles. The molecule has 1 atom stereocenters. The molecule has 0 saturated carbocycles. The fourth-order valence-electron chi connectivity index (χ4n) is 2.69. The Bertz CT molecular complexity index is 830. The molecule has 0 bridgehead atoms. The van der Waals surface area contributed by atoms with E-state index in [0.717, 1.165) is 4.31 Å². The number of ether oxygens (including phenoxy) is 2. The Morgan fingerprint density at radius 1 is 1.24 bits per heavy atom. The van der Waals surface area contributed by atoms with Crippen molar-refractivity contribution in [3.8, 4) is 11.5 Å². The molecule has 8 heteroatoms. The maximum Gasteiger partial charge on any atom is 0.269 e. The SMILES string of the molecule is CCC(C)NC(=O)C1=C(C)c2cc(OC)c(OC)cc2N(C)S1(=O)=O. The van der Waals surface area contributed by atoms with Crippen LogP contribution in [0.4, 0.5) is 5.69 Å². The Kier molecular flexibility index (Phi) is 5.31. The second-order valence-electron chi connectivity index (χ2n) is 5.93. The molecule has 25 heavy (non-hydrogen) atoms. The van der Waals surface area contributed by atoms with Crippen LogP contribution < -0.4 is 19.1 Å². The van der Waals surface area contributed by atoms with Crippen LogP contribution in [0, 0.1) is 0 Å². The number of methoxy groups -OCH3 is 2. The number of nitrogens with one attached hydrogen (secondary N) is 1. The quantitative estimate of drug-likeness (QED) is 0.861. The molecule has 2 rings (SSSR count). The maximum absolute atomic E-state index is 12.9. The van der Waals surface area contributed by atoms with Crippen LogP contribution in [0.15, 0.2) is 17.0 Å². The highest BCUT2D eigenvalue weighted by molar-refractivity contribution is 7.97. The number of hydrogen-bond acceptors (Lipinski definition) is 5. The zero-order valence-corrected chi connectivity index (χ0v) is 16.2. The van der Waals surface area contributed by atoms with Crippen molar-refractivity contribution < 1.29 is 22.7 Å². The number of fused-ring (bicyclic) bond motifs is 1. The molecule has 0 aromatic heterocycles. The van der Waals surface area contributed by atoms with Crippen LogP contribution in [-0.2, 0) is 14.8 Å². The number of allylic oxidation sites excluding steroid dienone is 1. The summed E-state index contributed by atoms with van der Waals surface area (Å²) in [6.45, 7) is 5.37. The Labute approximate surface area is 148 Å². The molecule has 1 aromatic rings. The van der Waals surface area contributed by atoms with Gasteiger partial charge in [-0.15, -0.1) is 0 Å². The highest BCUT2D eigenvalue weighted by Gasteiger charge is 2.38. The van der Waals surface area contributed by atoms with Crippen LogP contribution in [0.1, 0.15) is 32.8 Å². The van der Waals surface area contributed by atoms with Crippen molar-refractivity contribution >= 4 is 27.2 Å². The maximum atomic E-state index is 12.9. The van der Waals surface area contributed by atoms with E-state index in [1.807, 2.05) is 13.8 Å². The number of hydrogen-bond donors (Lipinski definition) is 1. The first kappa shape index (κ1) is 19.1. The fourth-order valence-corrected chi connectivity index (χ4v) is 4.16. The Morgan fingerprint density at radius 3 is 2.32 bits per heavy atom. The molecule has 1 heterocycles. The largest absolute Gasteiger partial charge is 0.493 e. The van der Waals surface area contributed by atoms with Gasteiger partial charge in [0.15, 0.2) is 16.4 Å². The van der Waals surface area contributed by atoms with Gasteiger partial charge in [-0.2, -0.15) is 0 Å². The van der Waals surface area contributed by atoms with Crippen LogP contribution >= 0.6 is 0 Å². The lowest BCUT2D eigenvalue weighted by atomic mass is 10.0. The standard InChI is InChI=1S/C17H24N2O5S/c1-7-10(2)18-17(20)16-11(3)12-8-14(23-5)15(24-6)9-13(12)19(4)25(16,21)22/h8-10H,7H2,1-6H3,(H,18,20). The van der Waals surface area contributed by atoms with Gasteiger partial charge in [-0.3, -0.25) is 9.10 Å². The molecule has 1 aliphatic heterocycles. The van der Waals surface area contributed by atoms with E-state index >= 15 is 0 Å². The van der Waals surface area contributed by atoms with Gasteiger partial charge < -0.3 is 14.8 Å². The van der Waals surface area contributed by atoms with Gasteiger partial charge >= 0.3 is 0 Å². The summed E-state index contributed by atoms with van der Waals surface area (Å²) in [5.41, 5.74) is 1.44. The predicted molar refractivity (Wildman–Crippen MR) is 97.4 cm³/mol. The zero-order valence-electron chi connectivity index (χ0n) is 15.3. The summed E-state index contributed by atoms with van der Waals surface area (Å²) in [4.78, 5) is 12.4. The minimum Gasteiger partial charge on any atom is -0.493 e. The van der Waals surface area contributed by atoms with Crippen molar-refractivity contribution in [2.45, 2.75) is 33.2 Å². The van der Waals surface area contributed by atoms with Crippen molar-refractivity contribution in [3.63, 3.8) is 0 Å². The molecular weight excluding hydrogens is 344 g/mol. The summed E-state index contributed by atoms with van der Waals surface area (Å²) in [5, 5.41) is 2.73. The molecule has 1 amide bonds. The molecule has 1 unspecified atom stereocenters. The van der Waals surface area contributed by atoms with Crippen LogP contribution in [0.2, 0.25) is 0 Å². The van der Waals surface area contributed by atoms with E-state index < -0.39 is 15.9 Å². The van der Waals surface area contributed by atoms with Gasteiger partial charge in [-0.25, -0.2) is 8.42 Å². The van der Waals surface area contributed by atoms with Crippen LogP contribution in [0.3, 0.4) is 0 Å². The molecule has 7 nitrogen and oxygen atoms in total. The number of nitrogens with zero attached hydrogens (tertiary/aromatic N) is 1. The predicted octanol–water partition coefficient (Wildman–Crippen LogP) is 2.13. The Hall–Kier alpha value is -2.22. The van der Waals surface area contributed by atoms with Gasteiger partial charge in [-0.05, 0) is 31.9 Å².